The van der Waals surface area contributed by atoms with Gasteiger partial charge < -0.3 is 10.4 Å². The maximum Gasteiger partial charge on any atom is 0.334 e. The molecule has 2 N–H and O–H groups in total. The minimum Gasteiger partial charge on any atom is -0.479 e. The monoisotopic (exact) mass is 387 g/mol. The summed E-state index contributed by atoms with van der Waals surface area (Å²) >= 11 is 5.84. The highest BCUT2D eigenvalue weighted by Gasteiger charge is 2.41. The second-order valence-electron chi connectivity index (χ2n) is 6.33. The topological polar surface area (TPSA) is 101 Å². The molecule has 1 saturated carbocycles. The zero-order valence-electron chi connectivity index (χ0n) is 14.0. The number of carboxylic acids is 1. The first-order valence-electron chi connectivity index (χ1n) is 8.23. The Hall–Kier alpha value is -1.60. The molecule has 0 heterocycles. The summed E-state index contributed by atoms with van der Waals surface area (Å²) in [5.74, 6) is -2.74. The number of amides is 1. The molecule has 138 valence electrons. The van der Waals surface area contributed by atoms with Crippen molar-refractivity contribution in [3.63, 3.8) is 0 Å². The molecule has 6 nitrogen and oxygen atoms in total. The Labute approximate surface area is 152 Å². The van der Waals surface area contributed by atoms with Gasteiger partial charge in [-0.3, -0.25) is 4.79 Å². The van der Waals surface area contributed by atoms with E-state index in [0.29, 0.717) is 23.4 Å². The van der Waals surface area contributed by atoms with Gasteiger partial charge in [-0.25, -0.2) is 13.2 Å². The molecule has 0 aliphatic heterocycles. The Morgan fingerprint density at radius 2 is 1.80 bits per heavy atom. The van der Waals surface area contributed by atoms with E-state index in [1.54, 1.807) is 6.92 Å². The lowest BCUT2D eigenvalue weighted by molar-refractivity contribution is -0.148. The summed E-state index contributed by atoms with van der Waals surface area (Å²) in [6, 6.07) is 6.11. The summed E-state index contributed by atoms with van der Waals surface area (Å²) in [6.45, 7) is 1.62. The highest BCUT2D eigenvalue weighted by atomic mass is 35.5. The largest absolute Gasteiger partial charge is 0.479 e. The van der Waals surface area contributed by atoms with Gasteiger partial charge in [0, 0.05) is 5.02 Å². The molecule has 1 fully saturated rings. The summed E-state index contributed by atoms with van der Waals surface area (Å²) in [5, 5.41) is 12.1. The van der Waals surface area contributed by atoms with Gasteiger partial charge in [-0.1, -0.05) is 43.5 Å². The maximum atomic E-state index is 12.4. The summed E-state index contributed by atoms with van der Waals surface area (Å²) in [5.41, 5.74) is -1.34. The Bertz CT molecular complexity index is 741. The van der Waals surface area contributed by atoms with Crippen molar-refractivity contribution >= 4 is 33.3 Å². The minimum atomic E-state index is -3.58. The highest BCUT2D eigenvalue weighted by molar-refractivity contribution is 7.92. The number of carboxylic acid groups (broad SMARTS) is 1. The zero-order chi connectivity index (χ0) is 18.7. The molecule has 1 aromatic rings. The van der Waals surface area contributed by atoms with Crippen molar-refractivity contribution in [2.24, 2.45) is 0 Å². The van der Waals surface area contributed by atoms with Crippen LogP contribution in [0.1, 0.15) is 44.6 Å². The van der Waals surface area contributed by atoms with Crippen molar-refractivity contribution in [2.45, 2.75) is 49.8 Å². The van der Waals surface area contributed by atoms with Crippen molar-refractivity contribution in [3.05, 3.63) is 34.9 Å². The number of halogens is 1. The second-order valence-corrected chi connectivity index (χ2v) is 9.05. The van der Waals surface area contributed by atoms with Crippen molar-refractivity contribution < 1.29 is 23.1 Å². The number of carbonyl (C=O) groups excluding carboxylic acids is 1. The Morgan fingerprint density at radius 3 is 2.28 bits per heavy atom. The van der Waals surface area contributed by atoms with Crippen LogP contribution in [0.15, 0.2) is 24.3 Å². The fourth-order valence-corrected chi connectivity index (χ4v) is 5.10. The van der Waals surface area contributed by atoms with Crippen LogP contribution in [-0.4, -0.2) is 36.4 Å². The Kier molecular flexibility index (Phi) is 6.11. The third-order valence-electron chi connectivity index (χ3n) is 4.73. The summed E-state index contributed by atoms with van der Waals surface area (Å²) < 4.78 is 24.7. The Morgan fingerprint density at radius 1 is 1.24 bits per heavy atom. The van der Waals surface area contributed by atoms with E-state index < -0.39 is 38.3 Å². The predicted octanol–water partition coefficient (Wildman–Crippen LogP) is 2.50. The number of sulfone groups is 1. The molecule has 1 unspecified atom stereocenters. The van der Waals surface area contributed by atoms with E-state index >= 15 is 0 Å². The van der Waals surface area contributed by atoms with Crippen molar-refractivity contribution in [2.75, 3.05) is 5.75 Å². The second kappa shape index (κ2) is 7.74. The summed E-state index contributed by atoms with van der Waals surface area (Å²) in [4.78, 5) is 24.3. The van der Waals surface area contributed by atoms with Crippen molar-refractivity contribution in [1.82, 2.24) is 5.32 Å². The normalized spacial score (nSPS) is 17.8. The third-order valence-corrected chi connectivity index (χ3v) is 7.13. The van der Waals surface area contributed by atoms with E-state index in [2.05, 4.69) is 5.32 Å². The van der Waals surface area contributed by atoms with E-state index in [9.17, 15) is 23.1 Å². The standard InChI is InChI=1S/C17H22ClNO5S/c1-2-17(16(21)22,12-7-9-13(18)10-8-12)19-15(20)11-25(23,24)14-5-3-4-6-14/h7-10,14H,2-6,11H2,1H3,(H,19,20)(H,21,22). The van der Waals surface area contributed by atoms with Crippen LogP contribution in [0.2, 0.25) is 5.02 Å². The molecule has 2 rings (SSSR count). The Balaban J connectivity index is 2.23. The van der Waals surface area contributed by atoms with Crippen LogP contribution in [-0.2, 0) is 25.0 Å². The van der Waals surface area contributed by atoms with Crippen LogP contribution in [0.4, 0.5) is 0 Å². The lowest BCUT2D eigenvalue weighted by Crippen LogP contribution is -2.53. The molecule has 1 aliphatic rings. The van der Waals surface area contributed by atoms with Gasteiger partial charge >= 0.3 is 5.97 Å². The maximum absolute atomic E-state index is 12.4. The molecule has 1 amide bonds. The zero-order valence-corrected chi connectivity index (χ0v) is 15.6. The van der Waals surface area contributed by atoms with Crippen LogP contribution in [0.25, 0.3) is 0 Å². The smallest absolute Gasteiger partial charge is 0.334 e. The van der Waals surface area contributed by atoms with E-state index in [1.807, 2.05) is 0 Å². The highest BCUT2D eigenvalue weighted by Crippen LogP contribution is 2.28. The molecule has 1 aliphatic carbocycles. The third kappa shape index (κ3) is 4.33. The molecule has 0 bridgehead atoms. The van der Waals surface area contributed by atoms with Gasteiger partial charge in [0.25, 0.3) is 0 Å². The number of carbonyl (C=O) groups is 2. The van der Waals surface area contributed by atoms with Gasteiger partial charge in [0.05, 0.1) is 5.25 Å². The number of rotatable bonds is 7. The van der Waals surface area contributed by atoms with E-state index in [1.165, 1.54) is 24.3 Å². The first kappa shape index (κ1) is 19.7. The number of benzene rings is 1. The van der Waals surface area contributed by atoms with Crippen LogP contribution in [0, 0.1) is 0 Å². The van der Waals surface area contributed by atoms with Gasteiger partial charge in [-0.05, 0) is 37.0 Å². The van der Waals surface area contributed by atoms with E-state index in [4.69, 9.17) is 11.6 Å². The van der Waals surface area contributed by atoms with Crippen LogP contribution < -0.4 is 5.32 Å². The quantitative estimate of drug-likeness (QED) is 0.748. The molecular weight excluding hydrogens is 366 g/mol. The average molecular weight is 388 g/mol. The molecule has 0 saturated heterocycles. The van der Waals surface area contributed by atoms with Gasteiger partial charge in [0.1, 0.15) is 5.75 Å². The first-order valence-corrected chi connectivity index (χ1v) is 10.3. The van der Waals surface area contributed by atoms with E-state index in [0.717, 1.165) is 12.8 Å². The number of hydrogen-bond donors (Lipinski definition) is 2. The molecule has 1 aromatic carbocycles. The molecule has 8 heteroatoms. The molecule has 0 spiro atoms. The van der Waals surface area contributed by atoms with Crippen molar-refractivity contribution in [1.29, 1.82) is 0 Å². The lowest BCUT2D eigenvalue weighted by atomic mass is 9.87. The first-order chi connectivity index (χ1) is 11.7. The lowest BCUT2D eigenvalue weighted by Gasteiger charge is -2.30. The molecule has 1 atom stereocenters. The van der Waals surface area contributed by atoms with Crippen molar-refractivity contribution in [3.8, 4) is 0 Å². The van der Waals surface area contributed by atoms with Gasteiger partial charge in [-0.2, -0.15) is 0 Å². The van der Waals surface area contributed by atoms with Crippen LogP contribution >= 0.6 is 11.6 Å². The summed E-state index contributed by atoms with van der Waals surface area (Å²) in [7, 11) is -3.58. The number of aliphatic carboxylic acids is 1. The molecule has 0 radical (unpaired) electrons. The number of nitrogens with one attached hydrogen (secondary N) is 1. The minimum absolute atomic E-state index is 0.0686. The van der Waals surface area contributed by atoms with Crippen LogP contribution in [0.5, 0.6) is 0 Å². The fraction of sp³-hybridized carbons (Fsp3) is 0.529. The molecular formula is C17H22ClNO5S. The SMILES string of the molecule is CCC(NC(=O)CS(=O)(=O)C1CCCC1)(C(=O)O)c1ccc(Cl)cc1. The summed E-state index contributed by atoms with van der Waals surface area (Å²) in [6.07, 6.45) is 2.86. The van der Waals surface area contributed by atoms with Crippen LogP contribution in [0.3, 0.4) is 0 Å². The fourth-order valence-electron chi connectivity index (χ4n) is 3.25. The average Bonchev–Trinajstić information content (AvgIpc) is 3.08. The predicted molar refractivity (Wildman–Crippen MR) is 95.2 cm³/mol. The van der Waals surface area contributed by atoms with Gasteiger partial charge in [0.15, 0.2) is 15.4 Å². The number of hydrogen-bond acceptors (Lipinski definition) is 4. The van der Waals surface area contributed by atoms with E-state index in [-0.39, 0.29) is 6.42 Å². The molecule has 25 heavy (non-hydrogen) atoms. The van der Waals surface area contributed by atoms with Gasteiger partial charge in [-0.15, -0.1) is 0 Å². The van der Waals surface area contributed by atoms with Gasteiger partial charge in [0.2, 0.25) is 5.91 Å². The molecule has 0 aromatic heterocycles.